The normalized spacial score (nSPS) is 14.7. The Morgan fingerprint density at radius 3 is 2.71 bits per heavy atom. The summed E-state index contributed by atoms with van der Waals surface area (Å²) >= 11 is 0. The zero-order valence-electron chi connectivity index (χ0n) is 18.0. The first kappa shape index (κ1) is 21.0. The van der Waals surface area contributed by atoms with E-state index in [-0.39, 0.29) is 11.5 Å². The number of amides is 1. The van der Waals surface area contributed by atoms with Gasteiger partial charge < -0.3 is 5.32 Å². The van der Waals surface area contributed by atoms with Crippen LogP contribution < -0.4 is 10.9 Å². The number of hydrogen-bond donors (Lipinski definition) is 2. The highest BCUT2D eigenvalue weighted by molar-refractivity contribution is 6.05. The number of H-pyrrole nitrogens is 1. The molecule has 0 bridgehead atoms. The Labute approximate surface area is 181 Å². The lowest BCUT2D eigenvalue weighted by Gasteiger charge is -2.31. The standard InChI is InChI=1S/C23H28N6O2/c1-16-19(14-24-29(16)21-12-13-22(30)27-26-21)23(31)25-20-11-7-6-8-17(20)15-28(2)18-9-4-3-5-10-18/h6-8,11-14,18H,3-5,9-10,15H2,1-2H3,(H,25,31)(H,27,30). The second-order valence-corrected chi connectivity index (χ2v) is 8.15. The Balaban J connectivity index is 1.50. The zero-order valence-corrected chi connectivity index (χ0v) is 18.0. The molecule has 0 unspecified atom stereocenters. The molecule has 8 nitrogen and oxygen atoms in total. The van der Waals surface area contributed by atoms with Gasteiger partial charge in [0.2, 0.25) is 0 Å². The van der Waals surface area contributed by atoms with Crippen LogP contribution in [0.2, 0.25) is 0 Å². The van der Waals surface area contributed by atoms with Gasteiger partial charge in [0, 0.05) is 24.3 Å². The molecule has 2 aromatic heterocycles. The van der Waals surface area contributed by atoms with E-state index in [1.807, 2.05) is 18.2 Å². The molecule has 0 atom stereocenters. The second-order valence-electron chi connectivity index (χ2n) is 8.15. The fraction of sp³-hybridized carbons (Fsp3) is 0.391. The summed E-state index contributed by atoms with van der Waals surface area (Å²) in [6, 6.07) is 11.5. The van der Waals surface area contributed by atoms with Crippen LogP contribution in [0, 0.1) is 6.92 Å². The van der Waals surface area contributed by atoms with Gasteiger partial charge in [-0.05, 0) is 44.5 Å². The largest absolute Gasteiger partial charge is 0.322 e. The van der Waals surface area contributed by atoms with Crippen molar-refractivity contribution in [3.8, 4) is 5.82 Å². The van der Waals surface area contributed by atoms with Crippen LogP contribution in [0.3, 0.4) is 0 Å². The van der Waals surface area contributed by atoms with Crippen molar-refractivity contribution in [3.05, 3.63) is 69.8 Å². The van der Waals surface area contributed by atoms with Crippen LogP contribution in [0.5, 0.6) is 0 Å². The molecule has 2 heterocycles. The van der Waals surface area contributed by atoms with Crippen LogP contribution >= 0.6 is 0 Å². The molecule has 0 aliphatic heterocycles. The fourth-order valence-corrected chi connectivity index (χ4v) is 4.21. The number of carbonyl (C=O) groups excluding carboxylic acids is 1. The van der Waals surface area contributed by atoms with E-state index in [0.717, 1.165) is 17.8 Å². The molecule has 31 heavy (non-hydrogen) atoms. The first-order valence-electron chi connectivity index (χ1n) is 10.7. The number of para-hydroxylation sites is 1. The second kappa shape index (κ2) is 9.26. The zero-order chi connectivity index (χ0) is 21.8. The molecule has 8 heteroatoms. The monoisotopic (exact) mass is 420 g/mol. The van der Waals surface area contributed by atoms with E-state index in [1.165, 1.54) is 49.0 Å². The molecule has 0 radical (unpaired) electrons. The SMILES string of the molecule is Cc1c(C(=O)Nc2ccccc2CN(C)C2CCCCC2)cnn1-c1ccc(=O)[nH]n1. The molecule has 1 saturated carbocycles. The molecule has 1 fully saturated rings. The van der Waals surface area contributed by atoms with Crippen LogP contribution in [0.15, 0.2) is 47.4 Å². The van der Waals surface area contributed by atoms with Gasteiger partial charge in [0.15, 0.2) is 5.82 Å². The first-order valence-corrected chi connectivity index (χ1v) is 10.7. The van der Waals surface area contributed by atoms with Crippen molar-refractivity contribution >= 4 is 11.6 Å². The molecular weight excluding hydrogens is 392 g/mol. The van der Waals surface area contributed by atoms with Crippen molar-refractivity contribution in [3.63, 3.8) is 0 Å². The van der Waals surface area contributed by atoms with Crippen molar-refractivity contribution < 1.29 is 4.79 Å². The lowest BCUT2D eigenvalue weighted by atomic mass is 9.94. The van der Waals surface area contributed by atoms with Crippen molar-refractivity contribution in [1.82, 2.24) is 24.9 Å². The summed E-state index contributed by atoms with van der Waals surface area (Å²) in [5.74, 6) is 0.228. The summed E-state index contributed by atoms with van der Waals surface area (Å²) in [5.41, 5.74) is 2.72. The summed E-state index contributed by atoms with van der Waals surface area (Å²) in [4.78, 5) is 26.7. The maximum absolute atomic E-state index is 13.0. The van der Waals surface area contributed by atoms with Crippen LogP contribution in [0.1, 0.15) is 53.7 Å². The third-order valence-electron chi connectivity index (χ3n) is 6.02. The van der Waals surface area contributed by atoms with E-state index in [0.29, 0.717) is 23.1 Å². The summed E-state index contributed by atoms with van der Waals surface area (Å²) < 4.78 is 1.54. The van der Waals surface area contributed by atoms with E-state index >= 15 is 0 Å². The maximum atomic E-state index is 13.0. The number of hydrogen-bond acceptors (Lipinski definition) is 5. The summed E-state index contributed by atoms with van der Waals surface area (Å²) in [6.45, 7) is 2.60. The van der Waals surface area contributed by atoms with E-state index in [4.69, 9.17) is 0 Å². The topological polar surface area (TPSA) is 95.9 Å². The summed E-state index contributed by atoms with van der Waals surface area (Å²) in [7, 11) is 2.17. The maximum Gasteiger partial charge on any atom is 0.264 e. The van der Waals surface area contributed by atoms with Gasteiger partial charge in [-0.1, -0.05) is 37.5 Å². The van der Waals surface area contributed by atoms with Crippen LogP contribution in [0.4, 0.5) is 5.69 Å². The lowest BCUT2D eigenvalue weighted by Crippen LogP contribution is -2.33. The highest BCUT2D eigenvalue weighted by Crippen LogP contribution is 2.25. The van der Waals surface area contributed by atoms with Crippen molar-refractivity contribution in [1.29, 1.82) is 0 Å². The number of aromatic amines is 1. The Morgan fingerprint density at radius 2 is 1.97 bits per heavy atom. The van der Waals surface area contributed by atoms with Crippen LogP contribution in [0.25, 0.3) is 5.82 Å². The number of aromatic nitrogens is 4. The third kappa shape index (κ3) is 4.74. The van der Waals surface area contributed by atoms with Crippen molar-refractivity contribution in [2.75, 3.05) is 12.4 Å². The number of anilines is 1. The molecular formula is C23H28N6O2. The van der Waals surface area contributed by atoms with Crippen molar-refractivity contribution in [2.24, 2.45) is 0 Å². The van der Waals surface area contributed by atoms with Gasteiger partial charge in [0.1, 0.15) is 0 Å². The highest BCUT2D eigenvalue weighted by atomic mass is 16.1. The minimum Gasteiger partial charge on any atom is -0.322 e. The number of nitrogens with zero attached hydrogens (tertiary/aromatic N) is 4. The third-order valence-corrected chi connectivity index (χ3v) is 6.02. The molecule has 2 N–H and O–H groups in total. The van der Waals surface area contributed by atoms with Gasteiger partial charge in [-0.15, -0.1) is 0 Å². The molecule has 1 amide bonds. The summed E-state index contributed by atoms with van der Waals surface area (Å²) in [6.07, 6.45) is 7.92. The highest BCUT2D eigenvalue weighted by Gasteiger charge is 2.20. The van der Waals surface area contributed by atoms with Gasteiger partial charge in [0.25, 0.3) is 11.5 Å². The fourth-order valence-electron chi connectivity index (χ4n) is 4.21. The summed E-state index contributed by atoms with van der Waals surface area (Å²) in [5, 5.41) is 13.7. The average molecular weight is 421 g/mol. The number of benzene rings is 1. The quantitative estimate of drug-likeness (QED) is 0.638. The number of rotatable bonds is 6. The van der Waals surface area contributed by atoms with Gasteiger partial charge in [-0.25, -0.2) is 9.78 Å². The Kier molecular flexibility index (Phi) is 6.27. The first-order chi connectivity index (χ1) is 15.0. The van der Waals surface area contributed by atoms with Gasteiger partial charge >= 0.3 is 0 Å². The number of carbonyl (C=O) groups is 1. The Morgan fingerprint density at radius 1 is 1.19 bits per heavy atom. The van der Waals surface area contributed by atoms with Gasteiger partial charge in [0.05, 0.1) is 17.5 Å². The average Bonchev–Trinajstić information content (AvgIpc) is 3.17. The molecule has 1 aliphatic carbocycles. The predicted molar refractivity (Wildman–Crippen MR) is 119 cm³/mol. The Hall–Kier alpha value is -3.26. The predicted octanol–water partition coefficient (Wildman–Crippen LogP) is 3.28. The van der Waals surface area contributed by atoms with E-state index in [9.17, 15) is 9.59 Å². The number of nitrogens with one attached hydrogen (secondary N) is 2. The lowest BCUT2D eigenvalue weighted by molar-refractivity contribution is 0.102. The van der Waals surface area contributed by atoms with Gasteiger partial charge in [-0.3, -0.25) is 14.5 Å². The van der Waals surface area contributed by atoms with E-state index in [1.54, 1.807) is 13.0 Å². The van der Waals surface area contributed by atoms with E-state index in [2.05, 4.69) is 38.6 Å². The molecule has 3 aromatic rings. The smallest absolute Gasteiger partial charge is 0.264 e. The van der Waals surface area contributed by atoms with Crippen LogP contribution in [-0.2, 0) is 6.54 Å². The van der Waals surface area contributed by atoms with E-state index < -0.39 is 0 Å². The van der Waals surface area contributed by atoms with Gasteiger partial charge in [-0.2, -0.15) is 10.2 Å². The molecule has 162 valence electrons. The minimum absolute atomic E-state index is 0.221. The molecule has 0 saturated heterocycles. The molecule has 0 spiro atoms. The van der Waals surface area contributed by atoms with Crippen molar-refractivity contribution in [2.45, 2.75) is 51.6 Å². The Bertz CT molecular complexity index is 1090. The molecule has 1 aliphatic rings. The van der Waals surface area contributed by atoms with Crippen LogP contribution in [-0.4, -0.2) is 43.9 Å². The molecule has 1 aromatic carbocycles. The minimum atomic E-state index is -0.290. The molecule has 4 rings (SSSR count).